The lowest BCUT2D eigenvalue weighted by molar-refractivity contribution is 0.415. The van der Waals surface area contributed by atoms with Gasteiger partial charge in [0, 0.05) is 23.7 Å². The molecule has 26 heavy (non-hydrogen) atoms. The van der Waals surface area contributed by atoms with Crippen molar-refractivity contribution in [3.05, 3.63) is 48.0 Å². The largest absolute Gasteiger partial charge is 0.497 e. The first-order chi connectivity index (χ1) is 12.7. The summed E-state index contributed by atoms with van der Waals surface area (Å²) in [5.41, 5.74) is 10.1. The van der Waals surface area contributed by atoms with Gasteiger partial charge in [-0.25, -0.2) is 0 Å². The summed E-state index contributed by atoms with van der Waals surface area (Å²) < 4.78 is 7.45. The molecule has 0 aliphatic heterocycles. The molecule has 0 saturated heterocycles. The molecule has 3 rings (SSSR count). The predicted octanol–water partition coefficient (Wildman–Crippen LogP) is 5.84. The molecule has 0 radical (unpaired) electrons. The van der Waals surface area contributed by atoms with Crippen molar-refractivity contribution in [2.75, 3.05) is 12.8 Å². The molecule has 0 atom stereocenters. The number of nitrogen functional groups attached to an aromatic ring is 1. The minimum atomic E-state index is 0.685. The van der Waals surface area contributed by atoms with Crippen LogP contribution in [-0.4, -0.2) is 11.7 Å². The van der Waals surface area contributed by atoms with Gasteiger partial charge in [-0.3, -0.25) is 0 Å². The van der Waals surface area contributed by atoms with E-state index in [0.717, 1.165) is 34.5 Å². The molecule has 138 valence electrons. The summed E-state index contributed by atoms with van der Waals surface area (Å²) in [6.45, 7) is 10.8. The van der Waals surface area contributed by atoms with Gasteiger partial charge in [-0.05, 0) is 36.8 Å². The van der Waals surface area contributed by atoms with Crippen molar-refractivity contribution in [3.63, 3.8) is 0 Å². The number of nitrogens with zero attached hydrogens (tertiary/aromatic N) is 2. The smallest absolute Gasteiger partial charge is 0.120 e. The number of rotatable bonds is 3. The number of hydrogen-bond acceptors (Lipinski definition) is 3. The minimum absolute atomic E-state index is 0.685. The Labute approximate surface area is 156 Å². The van der Waals surface area contributed by atoms with Crippen LogP contribution in [0.4, 0.5) is 5.69 Å². The summed E-state index contributed by atoms with van der Waals surface area (Å²) >= 11 is 0. The maximum absolute atomic E-state index is 9.65. The molecule has 3 aromatic rings. The summed E-state index contributed by atoms with van der Waals surface area (Å²) in [4.78, 5) is 0. The molecular weight excluding hydrogens is 322 g/mol. The molecule has 1 aromatic heterocycles. The zero-order chi connectivity index (χ0) is 19.7. The summed E-state index contributed by atoms with van der Waals surface area (Å²) in [5.74, 6) is 0.785. The van der Waals surface area contributed by atoms with E-state index < -0.39 is 0 Å². The van der Waals surface area contributed by atoms with E-state index in [-0.39, 0.29) is 0 Å². The van der Waals surface area contributed by atoms with Crippen LogP contribution in [0.15, 0.2) is 42.5 Å². The topological polar surface area (TPSA) is 64.0 Å². The number of nitrogens with two attached hydrogens (primary N) is 1. The van der Waals surface area contributed by atoms with Crippen molar-refractivity contribution in [3.8, 4) is 23.1 Å². The van der Waals surface area contributed by atoms with Crippen molar-refractivity contribution in [2.45, 2.75) is 41.2 Å². The Morgan fingerprint density at radius 3 is 2.15 bits per heavy atom. The van der Waals surface area contributed by atoms with Gasteiger partial charge in [-0.15, -0.1) is 0 Å². The first kappa shape index (κ1) is 21.1. The van der Waals surface area contributed by atoms with Crippen molar-refractivity contribution < 1.29 is 4.74 Å². The lowest BCUT2D eigenvalue weighted by Gasteiger charge is -2.09. The number of hydrogen-bond donors (Lipinski definition) is 1. The second kappa shape index (κ2) is 10.1. The highest BCUT2D eigenvalue weighted by molar-refractivity contribution is 5.95. The van der Waals surface area contributed by atoms with Gasteiger partial charge in [-0.2, -0.15) is 5.26 Å². The second-order valence-corrected chi connectivity index (χ2v) is 5.08. The van der Waals surface area contributed by atoms with Gasteiger partial charge in [0.05, 0.1) is 23.9 Å². The third-order valence-electron chi connectivity index (χ3n) is 3.88. The van der Waals surface area contributed by atoms with Crippen LogP contribution in [0, 0.1) is 11.3 Å². The molecule has 0 unspecified atom stereocenters. The van der Waals surface area contributed by atoms with Crippen LogP contribution in [0.1, 0.15) is 40.2 Å². The van der Waals surface area contributed by atoms with Crippen LogP contribution in [0.25, 0.3) is 22.2 Å². The number of aromatic nitrogens is 1. The highest BCUT2D eigenvalue weighted by Gasteiger charge is 2.18. The highest BCUT2D eigenvalue weighted by Crippen LogP contribution is 2.35. The van der Waals surface area contributed by atoms with Crippen molar-refractivity contribution in [1.82, 2.24) is 4.57 Å². The number of anilines is 1. The highest BCUT2D eigenvalue weighted by atomic mass is 16.5. The Kier molecular flexibility index (Phi) is 8.24. The molecule has 0 spiro atoms. The Hall–Kier alpha value is -2.93. The van der Waals surface area contributed by atoms with Gasteiger partial charge in [0.1, 0.15) is 11.8 Å². The van der Waals surface area contributed by atoms with Gasteiger partial charge >= 0.3 is 0 Å². The molecule has 1 heterocycles. The number of aryl methyl sites for hydroxylation is 1. The predicted molar refractivity (Wildman–Crippen MR) is 111 cm³/mol. The van der Waals surface area contributed by atoms with E-state index in [1.165, 1.54) is 0 Å². The first-order valence-corrected chi connectivity index (χ1v) is 9.15. The van der Waals surface area contributed by atoms with E-state index in [1.54, 1.807) is 7.11 Å². The van der Waals surface area contributed by atoms with Crippen LogP contribution in [0.3, 0.4) is 0 Å². The number of methoxy groups -OCH3 is 1. The SMILES string of the molecule is CC.CC.CCn1c(-c2ccc(N)cc2)c(C#N)c2ccc(OC)cc21. The van der Waals surface area contributed by atoms with E-state index in [9.17, 15) is 5.26 Å². The van der Waals surface area contributed by atoms with Crippen LogP contribution < -0.4 is 10.5 Å². The van der Waals surface area contributed by atoms with Crippen molar-refractivity contribution in [1.29, 1.82) is 5.26 Å². The van der Waals surface area contributed by atoms with Crippen LogP contribution in [-0.2, 0) is 6.54 Å². The molecule has 0 aliphatic rings. The first-order valence-electron chi connectivity index (χ1n) is 9.15. The fourth-order valence-electron chi connectivity index (χ4n) is 2.84. The van der Waals surface area contributed by atoms with Gasteiger partial charge in [-0.1, -0.05) is 39.8 Å². The Morgan fingerprint density at radius 2 is 1.65 bits per heavy atom. The summed E-state index contributed by atoms with van der Waals surface area (Å²) in [5, 5.41) is 10.6. The van der Waals surface area contributed by atoms with E-state index in [2.05, 4.69) is 17.6 Å². The summed E-state index contributed by atoms with van der Waals surface area (Å²) in [7, 11) is 1.65. The Morgan fingerprint density at radius 1 is 1.04 bits per heavy atom. The van der Waals surface area contributed by atoms with Crippen LogP contribution >= 0.6 is 0 Å². The van der Waals surface area contributed by atoms with E-state index in [0.29, 0.717) is 11.3 Å². The van der Waals surface area contributed by atoms with Gasteiger partial charge in [0.25, 0.3) is 0 Å². The number of nitriles is 1. The molecule has 0 fully saturated rings. The summed E-state index contributed by atoms with van der Waals surface area (Å²) in [6, 6.07) is 15.8. The minimum Gasteiger partial charge on any atom is -0.497 e. The molecular formula is C22H29N3O. The van der Waals surface area contributed by atoms with Crippen LogP contribution in [0.5, 0.6) is 5.75 Å². The molecule has 2 N–H and O–H groups in total. The lowest BCUT2D eigenvalue weighted by atomic mass is 10.1. The van der Waals surface area contributed by atoms with E-state index in [4.69, 9.17) is 10.5 Å². The number of fused-ring (bicyclic) bond motifs is 1. The van der Waals surface area contributed by atoms with Gasteiger partial charge in [0.2, 0.25) is 0 Å². The maximum Gasteiger partial charge on any atom is 0.120 e. The zero-order valence-corrected chi connectivity index (χ0v) is 16.6. The molecule has 0 amide bonds. The Balaban J connectivity index is 0.000000791. The summed E-state index contributed by atoms with van der Waals surface area (Å²) in [6.07, 6.45) is 0. The lowest BCUT2D eigenvalue weighted by Crippen LogP contribution is -1.98. The van der Waals surface area contributed by atoms with E-state index >= 15 is 0 Å². The Bertz CT molecular complexity index is 871. The third-order valence-corrected chi connectivity index (χ3v) is 3.88. The van der Waals surface area contributed by atoms with E-state index in [1.807, 2.05) is 70.2 Å². The van der Waals surface area contributed by atoms with Crippen molar-refractivity contribution in [2.24, 2.45) is 0 Å². The monoisotopic (exact) mass is 351 g/mol. The fourth-order valence-corrected chi connectivity index (χ4v) is 2.84. The molecule has 0 bridgehead atoms. The quantitative estimate of drug-likeness (QED) is 0.603. The number of benzene rings is 2. The molecule has 4 heteroatoms. The fraction of sp³-hybridized carbons (Fsp3) is 0.318. The second-order valence-electron chi connectivity index (χ2n) is 5.08. The molecule has 4 nitrogen and oxygen atoms in total. The zero-order valence-electron chi connectivity index (χ0n) is 16.6. The molecule has 0 aliphatic carbocycles. The normalized spacial score (nSPS) is 9.42. The standard InChI is InChI=1S/C18H17N3O.2C2H6/c1-3-21-17-10-14(22-2)8-9-15(17)16(11-19)18(21)12-4-6-13(20)7-5-12;2*1-2/h4-10H,3,20H2,1-2H3;2*1-2H3. The van der Waals surface area contributed by atoms with Gasteiger partial charge in [0.15, 0.2) is 0 Å². The van der Waals surface area contributed by atoms with Crippen LogP contribution in [0.2, 0.25) is 0 Å². The van der Waals surface area contributed by atoms with Gasteiger partial charge < -0.3 is 15.0 Å². The number of ether oxygens (including phenoxy) is 1. The maximum atomic E-state index is 9.65. The third kappa shape index (κ3) is 4.00. The molecule has 2 aromatic carbocycles. The van der Waals surface area contributed by atoms with Crippen molar-refractivity contribution >= 4 is 16.6 Å². The average molecular weight is 351 g/mol. The average Bonchev–Trinajstić information content (AvgIpc) is 3.04. The molecule has 0 saturated carbocycles.